The van der Waals surface area contributed by atoms with E-state index in [4.69, 9.17) is 0 Å². The number of carbonyl (C=O) groups excluding carboxylic acids is 2. The molecule has 2 fully saturated rings. The second kappa shape index (κ2) is 4.41. The van der Waals surface area contributed by atoms with Crippen LogP contribution in [0.3, 0.4) is 0 Å². The highest BCUT2D eigenvalue weighted by Crippen LogP contribution is 2.59. The Bertz CT molecular complexity index is 570. The Morgan fingerprint density at radius 1 is 1.24 bits per heavy atom. The number of fused-ring (bicyclic) bond motifs is 5. The molecule has 0 N–H and O–H groups in total. The minimum absolute atomic E-state index is 0.0666. The van der Waals surface area contributed by atoms with Crippen molar-refractivity contribution in [2.45, 2.75) is 46.0 Å². The number of Topliss-reactive ketones (excluding diaryl/α,β-unsaturated/α-hetero) is 1. The van der Waals surface area contributed by atoms with Crippen molar-refractivity contribution in [1.29, 1.82) is 0 Å². The summed E-state index contributed by atoms with van der Waals surface area (Å²) < 4.78 is 0. The molecular formula is C19H24O2. The number of allylic oxidation sites excluding steroid dienone is 4. The fraction of sp³-hybridized carbons (Fsp3) is 0.684. The first-order valence-electron chi connectivity index (χ1n) is 8.47. The summed E-state index contributed by atoms with van der Waals surface area (Å²) in [5, 5.41) is 0. The Morgan fingerprint density at radius 2 is 2.05 bits per heavy atom. The first kappa shape index (κ1) is 13.5. The van der Waals surface area contributed by atoms with Crippen molar-refractivity contribution in [3.05, 3.63) is 23.8 Å². The topological polar surface area (TPSA) is 34.1 Å². The van der Waals surface area contributed by atoms with Crippen LogP contribution in [0.4, 0.5) is 0 Å². The van der Waals surface area contributed by atoms with Crippen LogP contribution in [0.1, 0.15) is 46.0 Å². The van der Waals surface area contributed by atoms with Crippen molar-refractivity contribution < 1.29 is 9.59 Å². The van der Waals surface area contributed by atoms with Crippen molar-refractivity contribution in [2.24, 2.45) is 35.0 Å². The fourth-order valence-corrected chi connectivity index (χ4v) is 5.61. The summed E-state index contributed by atoms with van der Waals surface area (Å²) in [4.78, 5) is 24.2. The van der Waals surface area contributed by atoms with Gasteiger partial charge in [0, 0.05) is 17.8 Å². The molecule has 1 unspecified atom stereocenters. The van der Waals surface area contributed by atoms with E-state index in [0.29, 0.717) is 35.2 Å². The lowest BCUT2D eigenvalue weighted by molar-refractivity contribution is -0.129. The fourth-order valence-electron chi connectivity index (χ4n) is 5.61. The highest BCUT2D eigenvalue weighted by molar-refractivity contribution is 5.93. The number of hydrogen-bond donors (Lipinski definition) is 0. The maximum atomic E-state index is 12.3. The summed E-state index contributed by atoms with van der Waals surface area (Å²) in [7, 11) is 0. The molecule has 6 atom stereocenters. The van der Waals surface area contributed by atoms with Gasteiger partial charge in [-0.25, -0.2) is 0 Å². The third-order valence-electron chi connectivity index (χ3n) is 6.95. The maximum absolute atomic E-state index is 12.3. The largest absolute Gasteiger partial charge is 0.299 e. The van der Waals surface area contributed by atoms with E-state index in [9.17, 15) is 9.59 Å². The van der Waals surface area contributed by atoms with Crippen molar-refractivity contribution in [3.63, 3.8) is 0 Å². The molecule has 0 aromatic rings. The normalized spacial score (nSPS) is 48.5. The molecule has 0 bridgehead atoms. The van der Waals surface area contributed by atoms with E-state index >= 15 is 0 Å². The average molecular weight is 284 g/mol. The van der Waals surface area contributed by atoms with Crippen LogP contribution in [0.2, 0.25) is 0 Å². The molecule has 0 aromatic heterocycles. The van der Waals surface area contributed by atoms with E-state index in [1.807, 2.05) is 6.08 Å². The maximum Gasteiger partial charge on any atom is 0.158 e. The lowest BCUT2D eigenvalue weighted by atomic mass is 9.54. The van der Waals surface area contributed by atoms with E-state index in [1.54, 1.807) is 0 Å². The van der Waals surface area contributed by atoms with Crippen LogP contribution >= 0.6 is 0 Å². The molecule has 0 amide bonds. The third-order valence-corrected chi connectivity index (χ3v) is 6.95. The summed E-state index contributed by atoms with van der Waals surface area (Å²) in [6.07, 6.45) is 11.5. The van der Waals surface area contributed by atoms with Gasteiger partial charge in [0.2, 0.25) is 0 Å². The second-order valence-corrected chi connectivity index (χ2v) is 7.91. The average Bonchev–Trinajstić information content (AvgIpc) is 2.76. The van der Waals surface area contributed by atoms with E-state index in [-0.39, 0.29) is 11.3 Å². The lowest BCUT2D eigenvalue weighted by Crippen LogP contribution is -2.45. The van der Waals surface area contributed by atoms with E-state index in [0.717, 1.165) is 32.1 Å². The van der Waals surface area contributed by atoms with Gasteiger partial charge in [0.25, 0.3) is 0 Å². The Labute approximate surface area is 126 Å². The predicted molar refractivity (Wildman–Crippen MR) is 81.6 cm³/mol. The van der Waals surface area contributed by atoms with E-state index in [1.165, 1.54) is 5.57 Å². The minimum Gasteiger partial charge on any atom is -0.299 e. The van der Waals surface area contributed by atoms with Gasteiger partial charge < -0.3 is 0 Å². The first-order valence-corrected chi connectivity index (χ1v) is 8.47. The van der Waals surface area contributed by atoms with Crippen molar-refractivity contribution in [2.75, 3.05) is 0 Å². The molecule has 2 saturated carbocycles. The highest BCUT2D eigenvalue weighted by atomic mass is 16.1. The zero-order valence-electron chi connectivity index (χ0n) is 13.0. The molecule has 0 radical (unpaired) electrons. The monoisotopic (exact) mass is 284 g/mol. The number of hydrogen-bond acceptors (Lipinski definition) is 2. The van der Waals surface area contributed by atoms with E-state index < -0.39 is 0 Å². The zero-order chi connectivity index (χ0) is 14.8. The molecule has 2 heteroatoms. The Balaban J connectivity index is 1.71. The van der Waals surface area contributed by atoms with Gasteiger partial charge in [0.05, 0.1) is 0 Å². The van der Waals surface area contributed by atoms with E-state index in [2.05, 4.69) is 26.0 Å². The van der Waals surface area contributed by atoms with Crippen molar-refractivity contribution in [3.8, 4) is 0 Å². The van der Waals surface area contributed by atoms with Crippen LogP contribution in [0.25, 0.3) is 0 Å². The predicted octanol–water partition coefficient (Wildman–Crippen LogP) is 3.72. The van der Waals surface area contributed by atoms with Crippen LogP contribution in [0, 0.1) is 35.0 Å². The molecule has 0 saturated heterocycles. The number of ketones is 2. The van der Waals surface area contributed by atoms with Gasteiger partial charge in [-0.3, -0.25) is 9.59 Å². The summed E-state index contributed by atoms with van der Waals surface area (Å²) in [6, 6.07) is 0. The van der Waals surface area contributed by atoms with Gasteiger partial charge in [0.15, 0.2) is 5.78 Å². The second-order valence-electron chi connectivity index (χ2n) is 7.91. The molecule has 2 nitrogen and oxygen atoms in total. The molecule has 0 heterocycles. The van der Waals surface area contributed by atoms with Gasteiger partial charge in [-0.15, -0.1) is 0 Å². The number of rotatable bonds is 0. The van der Waals surface area contributed by atoms with Crippen LogP contribution in [-0.4, -0.2) is 11.6 Å². The molecule has 4 aliphatic carbocycles. The molecule has 21 heavy (non-hydrogen) atoms. The molecule has 0 spiro atoms. The minimum atomic E-state index is -0.0666. The molecule has 0 aliphatic heterocycles. The van der Waals surface area contributed by atoms with Crippen molar-refractivity contribution in [1.82, 2.24) is 0 Å². The third kappa shape index (κ3) is 1.77. The van der Waals surface area contributed by atoms with Gasteiger partial charge >= 0.3 is 0 Å². The number of carbonyl (C=O) groups is 2. The molecule has 4 rings (SSSR count). The van der Waals surface area contributed by atoms with Crippen LogP contribution < -0.4 is 0 Å². The Hall–Kier alpha value is -1.18. The summed E-state index contributed by atoms with van der Waals surface area (Å²) >= 11 is 0. The summed E-state index contributed by atoms with van der Waals surface area (Å²) in [5.41, 5.74) is 1.19. The SMILES string of the molecule is CC1C[C@H]2C(=CC1=O)C=C[C@@H]1[C@@H]2CC[C@]2(C)C(=O)CC[C@@H]12. The van der Waals surface area contributed by atoms with Gasteiger partial charge in [-0.1, -0.05) is 26.0 Å². The quantitative estimate of drug-likeness (QED) is 0.679. The molecule has 112 valence electrons. The van der Waals surface area contributed by atoms with Crippen LogP contribution in [0.15, 0.2) is 23.8 Å². The highest BCUT2D eigenvalue weighted by Gasteiger charge is 2.55. The van der Waals surface area contributed by atoms with Crippen molar-refractivity contribution >= 4 is 11.6 Å². The van der Waals surface area contributed by atoms with Crippen LogP contribution in [-0.2, 0) is 9.59 Å². The Kier molecular flexibility index (Phi) is 2.83. The first-order chi connectivity index (χ1) is 10.0. The summed E-state index contributed by atoms with van der Waals surface area (Å²) in [5.74, 6) is 3.25. The van der Waals surface area contributed by atoms with Crippen LogP contribution in [0.5, 0.6) is 0 Å². The standard InChI is InChI=1S/C19H24O2/c1-11-9-15-12(10-17(11)20)3-4-14-13(15)7-8-19(2)16(14)5-6-18(19)21/h3-4,10-11,13-16H,5-9H2,1-2H3/t11?,13-,14+,15-,16-,19-/m0/s1. The van der Waals surface area contributed by atoms with Gasteiger partial charge in [-0.2, -0.15) is 0 Å². The van der Waals surface area contributed by atoms with Gasteiger partial charge in [0.1, 0.15) is 5.78 Å². The Morgan fingerprint density at radius 3 is 2.86 bits per heavy atom. The summed E-state index contributed by atoms with van der Waals surface area (Å²) in [6.45, 7) is 4.27. The van der Waals surface area contributed by atoms with Gasteiger partial charge in [-0.05, 0) is 61.0 Å². The zero-order valence-corrected chi connectivity index (χ0v) is 13.0. The smallest absolute Gasteiger partial charge is 0.158 e. The molecule has 0 aromatic carbocycles. The lowest BCUT2D eigenvalue weighted by Gasteiger charge is -2.50. The molecule has 4 aliphatic rings. The molecular weight excluding hydrogens is 260 g/mol.